The predicted octanol–water partition coefficient (Wildman–Crippen LogP) is 2.75. The number of aliphatic hydroxyl groups is 1. The van der Waals surface area contributed by atoms with E-state index < -0.39 is 0 Å². The zero-order valence-corrected chi connectivity index (χ0v) is 13.1. The van der Waals surface area contributed by atoms with E-state index in [0.29, 0.717) is 12.6 Å². The zero-order valence-electron chi connectivity index (χ0n) is 13.1. The van der Waals surface area contributed by atoms with Crippen LogP contribution in [0.15, 0.2) is 24.3 Å². The summed E-state index contributed by atoms with van der Waals surface area (Å²) < 4.78 is 10.9. The second-order valence-electron chi connectivity index (χ2n) is 5.84. The molecule has 2 rings (SSSR count). The fourth-order valence-electron chi connectivity index (χ4n) is 2.52. The second-order valence-corrected chi connectivity index (χ2v) is 5.84. The van der Waals surface area contributed by atoms with Crippen LogP contribution in [-0.2, 0) is 0 Å². The van der Waals surface area contributed by atoms with E-state index in [1.54, 1.807) is 7.11 Å². The fourth-order valence-corrected chi connectivity index (χ4v) is 2.52. The molecule has 0 aromatic heterocycles. The Hall–Kier alpha value is -1.26. The molecule has 1 unspecified atom stereocenters. The lowest BCUT2D eigenvalue weighted by Crippen LogP contribution is -2.49. The molecule has 1 aliphatic rings. The average Bonchev–Trinajstić information content (AvgIpc) is 3.35. The summed E-state index contributed by atoms with van der Waals surface area (Å²) in [6, 6.07) is 8.24. The minimum absolute atomic E-state index is 0.134. The monoisotopic (exact) mass is 293 g/mol. The van der Waals surface area contributed by atoms with E-state index in [1.807, 2.05) is 24.3 Å². The zero-order chi connectivity index (χ0) is 15.1. The van der Waals surface area contributed by atoms with Crippen molar-refractivity contribution in [3.8, 4) is 11.5 Å². The minimum atomic E-state index is -0.134. The molecule has 1 aromatic carbocycles. The molecule has 1 atom stereocenters. The average molecular weight is 293 g/mol. The summed E-state index contributed by atoms with van der Waals surface area (Å²) in [5, 5.41) is 13.3. The van der Waals surface area contributed by atoms with E-state index in [2.05, 4.69) is 12.2 Å². The highest BCUT2D eigenvalue weighted by molar-refractivity contribution is 5.31. The normalized spacial score (nSPS) is 17.3. The van der Waals surface area contributed by atoms with Gasteiger partial charge in [-0.2, -0.15) is 0 Å². The highest BCUT2D eigenvalue weighted by atomic mass is 16.5. The Kier molecular flexibility index (Phi) is 5.88. The first-order valence-corrected chi connectivity index (χ1v) is 7.87. The second kappa shape index (κ2) is 7.66. The molecule has 1 aromatic rings. The van der Waals surface area contributed by atoms with Crippen LogP contribution in [0.3, 0.4) is 0 Å². The topological polar surface area (TPSA) is 50.7 Å². The summed E-state index contributed by atoms with van der Waals surface area (Å²) in [5.74, 6) is 1.69. The Balaban J connectivity index is 1.73. The van der Waals surface area contributed by atoms with Gasteiger partial charge in [0.05, 0.1) is 20.3 Å². The Morgan fingerprint density at radius 1 is 1.24 bits per heavy atom. The number of hydrogen-bond donors (Lipinski definition) is 2. The van der Waals surface area contributed by atoms with Gasteiger partial charge in [0, 0.05) is 11.6 Å². The van der Waals surface area contributed by atoms with Gasteiger partial charge < -0.3 is 19.9 Å². The van der Waals surface area contributed by atoms with Gasteiger partial charge in [0.15, 0.2) is 0 Å². The molecule has 0 radical (unpaired) electrons. The fraction of sp³-hybridized carbons (Fsp3) is 0.647. The molecule has 1 fully saturated rings. The van der Waals surface area contributed by atoms with Crippen molar-refractivity contribution in [1.82, 2.24) is 5.32 Å². The molecular weight excluding hydrogens is 266 g/mol. The third-order valence-corrected chi connectivity index (χ3v) is 4.19. The Labute approximate surface area is 127 Å². The summed E-state index contributed by atoms with van der Waals surface area (Å²) in [6.45, 7) is 3.00. The van der Waals surface area contributed by atoms with Gasteiger partial charge in [-0.25, -0.2) is 0 Å². The number of nitrogens with one attached hydrogen (secondary N) is 1. The van der Waals surface area contributed by atoms with Gasteiger partial charge in [0.2, 0.25) is 0 Å². The van der Waals surface area contributed by atoms with Crippen molar-refractivity contribution in [2.24, 2.45) is 0 Å². The first-order valence-electron chi connectivity index (χ1n) is 7.87. The molecular formula is C17H27NO3. The van der Waals surface area contributed by atoms with E-state index in [4.69, 9.17) is 9.47 Å². The van der Waals surface area contributed by atoms with Crippen molar-refractivity contribution in [1.29, 1.82) is 0 Å². The van der Waals surface area contributed by atoms with Crippen LogP contribution < -0.4 is 14.8 Å². The number of methoxy groups -OCH3 is 1. The van der Waals surface area contributed by atoms with E-state index >= 15 is 0 Å². The number of aliphatic hydroxyl groups excluding tert-OH is 1. The number of ether oxygens (including phenoxy) is 2. The van der Waals surface area contributed by atoms with Crippen LogP contribution in [-0.4, -0.2) is 37.0 Å². The molecule has 1 saturated carbocycles. The van der Waals surface area contributed by atoms with Gasteiger partial charge in [0.1, 0.15) is 11.5 Å². The van der Waals surface area contributed by atoms with Gasteiger partial charge in [0.25, 0.3) is 0 Å². The van der Waals surface area contributed by atoms with Crippen LogP contribution in [0.2, 0.25) is 0 Å². The molecule has 2 N–H and O–H groups in total. The van der Waals surface area contributed by atoms with E-state index in [0.717, 1.165) is 30.8 Å². The predicted molar refractivity (Wildman–Crippen MR) is 84.0 cm³/mol. The molecule has 0 saturated heterocycles. The van der Waals surface area contributed by atoms with Crippen LogP contribution in [0.5, 0.6) is 11.5 Å². The van der Waals surface area contributed by atoms with Crippen molar-refractivity contribution in [2.45, 2.75) is 50.6 Å². The lowest BCUT2D eigenvalue weighted by molar-refractivity contribution is 0.136. The molecule has 0 bridgehead atoms. The minimum Gasteiger partial charge on any atom is -0.497 e. The lowest BCUT2D eigenvalue weighted by atomic mass is 9.91. The summed E-state index contributed by atoms with van der Waals surface area (Å²) in [4.78, 5) is 0. The largest absolute Gasteiger partial charge is 0.497 e. The van der Waals surface area contributed by atoms with Crippen LogP contribution in [0, 0.1) is 0 Å². The van der Waals surface area contributed by atoms with Crippen molar-refractivity contribution < 1.29 is 14.6 Å². The van der Waals surface area contributed by atoms with E-state index in [9.17, 15) is 5.11 Å². The number of benzene rings is 1. The molecule has 4 nitrogen and oxygen atoms in total. The molecule has 0 spiro atoms. The van der Waals surface area contributed by atoms with E-state index in [1.165, 1.54) is 12.8 Å². The summed E-state index contributed by atoms with van der Waals surface area (Å²) >= 11 is 0. The van der Waals surface area contributed by atoms with Gasteiger partial charge in [-0.3, -0.25) is 0 Å². The van der Waals surface area contributed by atoms with Crippen molar-refractivity contribution >= 4 is 0 Å². The summed E-state index contributed by atoms with van der Waals surface area (Å²) in [6.07, 6.45) is 5.30. The summed E-state index contributed by atoms with van der Waals surface area (Å²) in [7, 11) is 1.65. The maximum atomic E-state index is 9.71. The molecule has 0 heterocycles. The van der Waals surface area contributed by atoms with Crippen LogP contribution in [0.4, 0.5) is 0 Å². The van der Waals surface area contributed by atoms with Crippen LogP contribution in [0.1, 0.15) is 39.0 Å². The van der Waals surface area contributed by atoms with Gasteiger partial charge >= 0.3 is 0 Å². The lowest BCUT2D eigenvalue weighted by Gasteiger charge is -2.32. The molecule has 118 valence electrons. The summed E-state index contributed by atoms with van der Waals surface area (Å²) in [5.41, 5.74) is -0.134. The number of hydrogen-bond acceptors (Lipinski definition) is 4. The molecule has 0 amide bonds. The Bertz CT molecular complexity index is 411. The highest BCUT2D eigenvalue weighted by Gasteiger charge is 2.33. The third kappa shape index (κ3) is 4.90. The molecule has 0 aliphatic heterocycles. The first-order chi connectivity index (χ1) is 10.2. The van der Waals surface area contributed by atoms with Crippen molar-refractivity contribution in [3.05, 3.63) is 24.3 Å². The SMILES string of the molecule is CCC(CO)(CCCOc1ccc(OC)cc1)NC1CC1. The standard InChI is InChI=1S/C17H27NO3/c1-3-17(13-19,18-14-5-6-14)11-4-12-21-16-9-7-15(20-2)8-10-16/h7-10,14,18-19H,3-6,11-13H2,1-2H3. The third-order valence-electron chi connectivity index (χ3n) is 4.19. The van der Waals surface area contributed by atoms with Crippen molar-refractivity contribution in [3.63, 3.8) is 0 Å². The van der Waals surface area contributed by atoms with Gasteiger partial charge in [-0.15, -0.1) is 0 Å². The smallest absolute Gasteiger partial charge is 0.119 e. The molecule has 4 heteroatoms. The quantitative estimate of drug-likeness (QED) is 0.651. The first kappa shape index (κ1) is 16.1. The van der Waals surface area contributed by atoms with Crippen LogP contribution >= 0.6 is 0 Å². The molecule has 1 aliphatic carbocycles. The number of rotatable bonds is 10. The Morgan fingerprint density at radius 3 is 2.43 bits per heavy atom. The maximum Gasteiger partial charge on any atom is 0.119 e. The molecule has 21 heavy (non-hydrogen) atoms. The van der Waals surface area contributed by atoms with Crippen LogP contribution in [0.25, 0.3) is 0 Å². The van der Waals surface area contributed by atoms with E-state index in [-0.39, 0.29) is 12.1 Å². The van der Waals surface area contributed by atoms with Crippen molar-refractivity contribution in [2.75, 3.05) is 20.3 Å². The van der Waals surface area contributed by atoms with Gasteiger partial charge in [-0.05, 0) is 56.4 Å². The Morgan fingerprint density at radius 2 is 1.90 bits per heavy atom. The maximum absolute atomic E-state index is 9.71. The highest BCUT2D eigenvalue weighted by Crippen LogP contribution is 2.27. The van der Waals surface area contributed by atoms with Gasteiger partial charge in [-0.1, -0.05) is 6.92 Å².